The first-order valence-electron chi connectivity index (χ1n) is 4.87. The molecule has 0 aliphatic carbocycles. The number of halogens is 1. The Morgan fingerprint density at radius 2 is 1.92 bits per heavy atom. The maximum absolute atomic E-state index is 5.82. The van der Waals surface area contributed by atoms with E-state index in [0.29, 0.717) is 6.04 Å². The molecule has 1 fully saturated rings. The molecule has 0 amide bonds. The second-order valence-corrected chi connectivity index (χ2v) is 4.65. The molecule has 1 heterocycles. The van der Waals surface area contributed by atoms with Gasteiger partial charge in [-0.25, -0.2) is 0 Å². The molecule has 0 aromatic heterocycles. The van der Waals surface area contributed by atoms with E-state index in [1.807, 2.05) is 0 Å². The van der Waals surface area contributed by atoms with Gasteiger partial charge in [0.1, 0.15) is 0 Å². The molecule has 0 aromatic carbocycles. The number of nitrogens with two attached hydrogens (primary N) is 1. The van der Waals surface area contributed by atoms with Gasteiger partial charge in [0.2, 0.25) is 0 Å². The Morgan fingerprint density at radius 1 is 1.25 bits per heavy atom. The van der Waals surface area contributed by atoms with Crippen LogP contribution < -0.4 is 5.73 Å². The summed E-state index contributed by atoms with van der Waals surface area (Å²) in [5.74, 6) is 0. The summed E-state index contributed by atoms with van der Waals surface area (Å²) in [5.41, 5.74) is 5.82. The van der Waals surface area contributed by atoms with E-state index in [4.69, 9.17) is 5.73 Å². The molecule has 0 unspecified atom stereocenters. The Balaban J connectivity index is 2.01. The second-order valence-electron chi connectivity index (χ2n) is 3.58. The van der Waals surface area contributed by atoms with Gasteiger partial charge in [-0.15, -0.1) is 0 Å². The average molecular weight is 282 g/mol. The van der Waals surface area contributed by atoms with Crippen molar-refractivity contribution < 1.29 is 0 Å². The quantitative estimate of drug-likeness (QED) is 0.482. The van der Waals surface area contributed by atoms with Crippen molar-refractivity contribution in [2.75, 3.05) is 24.1 Å². The molecule has 72 valence electrons. The van der Waals surface area contributed by atoms with E-state index in [1.54, 1.807) is 0 Å². The van der Waals surface area contributed by atoms with Gasteiger partial charge in [0.05, 0.1) is 0 Å². The predicted octanol–water partition coefficient (Wildman–Crippen LogP) is 1.62. The highest BCUT2D eigenvalue weighted by Gasteiger charge is 2.14. The fraction of sp³-hybridized carbons (Fsp3) is 1.00. The van der Waals surface area contributed by atoms with Crippen molar-refractivity contribution >= 4 is 22.6 Å². The monoisotopic (exact) mass is 282 g/mol. The van der Waals surface area contributed by atoms with E-state index < -0.39 is 0 Å². The number of likely N-dealkylation sites (tertiary alicyclic amines) is 1. The largest absolute Gasteiger partial charge is 0.328 e. The van der Waals surface area contributed by atoms with Gasteiger partial charge in [-0.1, -0.05) is 22.6 Å². The van der Waals surface area contributed by atoms with E-state index in [9.17, 15) is 0 Å². The van der Waals surface area contributed by atoms with Gasteiger partial charge < -0.3 is 10.6 Å². The minimum absolute atomic E-state index is 0.478. The Morgan fingerprint density at radius 3 is 2.50 bits per heavy atom. The van der Waals surface area contributed by atoms with E-state index >= 15 is 0 Å². The van der Waals surface area contributed by atoms with E-state index in [1.165, 1.54) is 49.7 Å². The lowest BCUT2D eigenvalue weighted by Crippen LogP contribution is -2.40. The molecular formula is C9H19IN2. The Bertz CT molecular complexity index is 111. The summed E-state index contributed by atoms with van der Waals surface area (Å²) in [6.45, 7) is 3.74. The molecular weight excluding hydrogens is 263 g/mol. The Hall–Kier alpha value is 0.650. The normalized spacial score (nSPS) is 21.5. The van der Waals surface area contributed by atoms with Crippen LogP contribution in [0.2, 0.25) is 0 Å². The first-order valence-corrected chi connectivity index (χ1v) is 6.39. The number of piperidine rings is 1. The summed E-state index contributed by atoms with van der Waals surface area (Å²) in [6, 6.07) is 0.478. The number of nitrogens with zero attached hydrogens (tertiary/aromatic N) is 1. The van der Waals surface area contributed by atoms with Crippen LogP contribution in [0.1, 0.15) is 25.7 Å². The van der Waals surface area contributed by atoms with Crippen LogP contribution in [0.3, 0.4) is 0 Å². The first kappa shape index (κ1) is 10.7. The molecule has 2 N–H and O–H groups in total. The fourth-order valence-electron chi connectivity index (χ4n) is 1.61. The number of alkyl halides is 1. The van der Waals surface area contributed by atoms with Crippen LogP contribution in [0.5, 0.6) is 0 Å². The van der Waals surface area contributed by atoms with Gasteiger partial charge >= 0.3 is 0 Å². The van der Waals surface area contributed by atoms with Gasteiger partial charge in [-0.2, -0.15) is 0 Å². The maximum atomic E-state index is 5.82. The number of hydrogen-bond donors (Lipinski definition) is 1. The highest BCUT2D eigenvalue weighted by molar-refractivity contribution is 14.1. The summed E-state index contributed by atoms with van der Waals surface area (Å²) < 4.78 is 1.30. The zero-order valence-electron chi connectivity index (χ0n) is 7.64. The van der Waals surface area contributed by atoms with Crippen LogP contribution in [0.15, 0.2) is 0 Å². The zero-order chi connectivity index (χ0) is 8.81. The van der Waals surface area contributed by atoms with Crippen molar-refractivity contribution in [2.24, 2.45) is 5.73 Å². The van der Waals surface area contributed by atoms with Crippen molar-refractivity contribution in [1.82, 2.24) is 4.90 Å². The molecule has 0 bridgehead atoms. The standard InChI is InChI=1S/C9H19IN2/c10-5-1-2-6-12-7-3-9(11)4-8-12/h9H,1-8,11H2. The fourth-order valence-corrected chi connectivity index (χ4v) is 2.15. The predicted molar refractivity (Wildman–Crippen MR) is 61.8 cm³/mol. The molecule has 0 saturated carbocycles. The maximum Gasteiger partial charge on any atom is 0.00631 e. The SMILES string of the molecule is NC1CCN(CCCCI)CC1. The van der Waals surface area contributed by atoms with Gasteiger partial charge in [-0.3, -0.25) is 0 Å². The molecule has 0 radical (unpaired) electrons. The van der Waals surface area contributed by atoms with Crippen LogP contribution >= 0.6 is 22.6 Å². The van der Waals surface area contributed by atoms with Gasteiger partial charge in [0.25, 0.3) is 0 Å². The molecule has 2 nitrogen and oxygen atoms in total. The molecule has 0 spiro atoms. The summed E-state index contributed by atoms with van der Waals surface area (Å²) in [4.78, 5) is 2.55. The van der Waals surface area contributed by atoms with Crippen molar-refractivity contribution in [3.63, 3.8) is 0 Å². The van der Waals surface area contributed by atoms with Gasteiger partial charge in [0, 0.05) is 6.04 Å². The topological polar surface area (TPSA) is 29.3 Å². The third kappa shape index (κ3) is 4.05. The third-order valence-corrected chi connectivity index (χ3v) is 3.25. The minimum atomic E-state index is 0.478. The van der Waals surface area contributed by atoms with Crippen molar-refractivity contribution in [2.45, 2.75) is 31.7 Å². The van der Waals surface area contributed by atoms with Gasteiger partial charge in [-0.05, 0) is 49.7 Å². The average Bonchev–Trinajstić information content (AvgIpc) is 2.09. The van der Waals surface area contributed by atoms with Crippen LogP contribution in [-0.2, 0) is 0 Å². The van der Waals surface area contributed by atoms with E-state index in [2.05, 4.69) is 27.5 Å². The van der Waals surface area contributed by atoms with E-state index in [0.717, 1.165) is 0 Å². The lowest BCUT2D eigenvalue weighted by molar-refractivity contribution is 0.211. The second kappa shape index (κ2) is 6.16. The molecule has 3 heteroatoms. The van der Waals surface area contributed by atoms with Crippen LogP contribution in [0, 0.1) is 0 Å². The van der Waals surface area contributed by atoms with Crippen molar-refractivity contribution in [3.05, 3.63) is 0 Å². The van der Waals surface area contributed by atoms with Crippen molar-refractivity contribution in [3.8, 4) is 0 Å². The first-order chi connectivity index (χ1) is 5.83. The highest BCUT2D eigenvalue weighted by atomic mass is 127. The summed E-state index contributed by atoms with van der Waals surface area (Å²) in [6.07, 6.45) is 5.12. The molecule has 0 atom stereocenters. The number of rotatable bonds is 4. The molecule has 0 aromatic rings. The van der Waals surface area contributed by atoms with Crippen LogP contribution in [0.4, 0.5) is 0 Å². The Labute approximate surface area is 89.0 Å². The summed E-state index contributed by atoms with van der Waals surface area (Å²) in [5, 5.41) is 0. The summed E-state index contributed by atoms with van der Waals surface area (Å²) >= 11 is 2.45. The molecule has 1 aliphatic rings. The molecule has 1 rings (SSSR count). The zero-order valence-corrected chi connectivity index (χ0v) is 9.79. The van der Waals surface area contributed by atoms with Crippen LogP contribution in [-0.4, -0.2) is 35.0 Å². The smallest absolute Gasteiger partial charge is 0.00631 e. The van der Waals surface area contributed by atoms with Crippen LogP contribution in [0.25, 0.3) is 0 Å². The number of unbranched alkanes of at least 4 members (excludes halogenated alkanes) is 1. The summed E-state index contributed by atoms with van der Waals surface area (Å²) in [7, 11) is 0. The van der Waals surface area contributed by atoms with Gasteiger partial charge in [0.15, 0.2) is 0 Å². The van der Waals surface area contributed by atoms with Crippen molar-refractivity contribution in [1.29, 1.82) is 0 Å². The lowest BCUT2D eigenvalue weighted by atomic mass is 10.1. The minimum Gasteiger partial charge on any atom is -0.328 e. The number of hydrogen-bond acceptors (Lipinski definition) is 2. The third-order valence-electron chi connectivity index (χ3n) is 2.49. The molecule has 1 aliphatic heterocycles. The molecule has 12 heavy (non-hydrogen) atoms. The lowest BCUT2D eigenvalue weighted by Gasteiger charge is -2.29. The Kier molecular flexibility index (Phi) is 5.50. The van der Waals surface area contributed by atoms with E-state index in [-0.39, 0.29) is 0 Å². The molecule has 1 saturated heterocycles. The highest BCUT2D eigenvalue weighted by Crippen LogP contribution is 2.09.